The number of aryl methyl sites for hydroxylation is 1. The molecule has 1 aliphatic rings. The lowest BCUT2D eigenvalue weighted by Crippen LogP contribution is -2.39. The zero-order valence-corrected chi connectivity index (χ0v) is 13.5. The third kappa shape index (κ3) is 3.11. The van der Waals surface area contributed by atoms with Gasteiger partial charge < -0.3 is 5.32 Å². The molecule has 1 unspecified atom stereocenters. The van der Waals surface area contributed by atoms with Crippen LogP contribution in [0.3, 0.4) is 0 Å². The van der Waals surface area contributed by atoms with Gasteiger partial charge in [0.1, 0.15) is 0 Å². The minimum Gasteiger partial charge on any atom is -0.375 e. The number of fused-ring (bicyclic) bond motifs is 1. The summed E-state index contributed by atoms with van der Waals surface area (Å²) in [5.74, 6) is 1.19. The van der Waals surface area contributed by atoms with Crippen molar-refractivity contribution in [3.63, 3.8) is 0 Å². The summed E-state index contributed by atoms with van der Waals surface area (Å²) in [6.45, 7) is 0. The standard InChI is InChI=1S/C19H23NS/c1-21-15-14-19(20-17-10-3-2-4-11-17)13-7-9-16-8-5-6-12-18(16)19/h2-6,8,10-12,20H,7,9,13-15H2,1H3. The number of para-hydroxylation sites is 1. The number of benzene rings is 2. The molecule has 0 bridgehead atoms. The van der Waals surface area contributed by atoms with Gasteiger partial charge in [-0.3, -0.25) is 0 Å². The molecule has 0 amide bonds. The van der Waals surface area contributed by atoms with Crippen LogP contribution in [0.2, 0.25) is 0 Å². The first-order chi connectivity index (χ1) is 10.3. The summed E-state index contributed by atoms with van der Waals surface area (Å²) in [5, 5.41) is 3.87. The summed E-state index contributed by atoms with van der Waals surface area (Å²) in [7, 11) is 0. The van der Waals surface area contributed by atoms with Gasteiger partial charge in [-0.1, -0.05) is 42.5 Å². The molecule has 3 rings (SSSR count). The first-order valence-corrected chi connectivity index (χ1v) is 9.14. The van der Waals surface area contributed by atoms with Gasteiger partial charge in [-0.05, 0) is 61.0 Å². The number of anilines is 1. The van der Waals surface area contributed by atoms with E-state index in [1.807, 2.05) is 11.8 Å². The van der Waals surface area contributed by atoms with Crippen LogP contribution in [0.1, 0.15) is 30.4 Å². The Hall–Kier alpha value is -1.41. The lowest BCUT2D eigenvalue weighted by Gasteiger charge is -2.41. The highest BCUT2D eigenvalue weighted by atomic mass is 32.2. The van der Waals surface area contributed by atoms with Gasteiger partial charge in [-0.25, -0.2) is 0 Å². The first-order valence-electron chi connectivity index (χ1n) is 7.75. The van der Waals surface area contributed by atoms with Crippen molar-refractivity contribution in [1.82, 2.24) is 0 Å². The average molecular weight is 297 g/mol. The van der Waals surface area contributed by atoms with Crippen molar-refractivity contribution in [2.75, 3.05) is 17.3 Å². The van der Waals surface area contributed by atoms with Crippen molar-refractivity contribution in [3.05, 3.63) is 65.7 Å². The quantitative estimate of drug-likeness (QED) is 0.825. The molecule has 0 aliphatic heterocycles. The van der Waals surface area contributed by atoms with E-state index >= 15 is 0 Å². The average Bonchev–Trinajstić information content (AvgIpc) is 2.54. The highest BCUT2D eigenvalue weighted by Crippen LogP contribution is 2.41. The molecule has 1 nitrogen and oxygen atoms in total. The number of nitrogens with one attached hydrogen (secondary N) is 1. The highest BCUT2D eigenvalue weighted by Gasteiger charge is 2.35. The summed E-state index contributed by atoms with van der Waals surface area (Å²) >= 11 is 1.94. The molecule has 0 spiro atoms. The van der Waals surface area contributed by atoms with Crippen molar-refractivity contribution >= 4 is 17.4 Å². The van der Waals surface area contributed by atoms with Crippen LogP contribution >= 0.6 is 11.8 Å². The van der Waals surface area contributed by atoms with E-state index in [2.05, 4.69) is 66.2 Å². The van der Waals surface area contributed by atoms with Crippen LogP contribution in [-0.4, -0.2) is 12.0 Å². The Morgan fingerprint density at radius 1 is 1.05 bits per heavy atom. The molecule has 0 saturated heterocycles. The zero-order valence-electron chi connectivity index (χ0n) is 12.6. The van der Waals surface area contributed by atoms with E-state index in [0.717, 1.165) is 0 Å². The number of hydrogen-bond acceptors (Lipinski definition) is 2. The molecule has 110 valence electrons. The Kier molecular flexibility index (Phi) is 4.54. The third-order valence-corrected chi connectivity index (χ3v) is 5.09. The minimum atomic E-state index is 0.0964. The summed E-state index contributed by atoms with van der Waals surface area (Å²) in [6, 6.07) is 19.6. The van der Waals surface area contributed by atoms with Gasteiger partial charge in [0.15, 0.2) is 0 Å². The highest BCUT2D eigenvalue weighted by molar-refractivity contribution is 7.98. The maximum Gasteiger partial charge on any atom is 0.0635 e. The molecule has 2 heteroatoms. The largest absolute Gasteiger partial charge is 0.375 e. The van der Waals surface area contributed by atoms with Gasteiger partial charge in [0.05, 0.1) is 5.54 Å². The van der Waals surface area contributed by atoms with Gasteiger partial charge in [0, 0.05) is 5.69 Å². The van der Waals surface area contributed by atoms with Gasteiger partial charge in [-0.2, -0.15) is 11.8 Å². The maximum absolute atomic E-state index is 3.87. The molecule has 2 aromatic carbocycles. The minimum absolute atomic E-state index is 0.0964. The molecule has 0 radical (unpaired) electrons. The fourth-order valence-corrected chi connectivity index (χ4v) is 4.00. The van der Waals surface area contributed by atoms with Crippen LogP contribution in [0.15, 0.2) is 54.6 Å². The molecule has 0 heterocycles. The van der Waals surface area contributed by atoms with E-state index in [4.69, 9.17) is 0 Å². The zero-order chi connectivity index (χ0) is 14.5. The van der Waals surface area contributed by atoms with Gasteiger partial charge in [0.25, 0.3) is 0 Å². The number of hydrogen-bond donors (Lipinski definition) is 1. The van der Waals surface area contributed by atoms with Crippen molar-refractivity contribution in [2.45, 2.75) is 31.2 Å². The van der Waals surface area contributed by atoms with Crippen LogP contribution in [-0.2, 0) is 12.0 Å². The fourth-order valence-electron chi connectivity index (χ4n) is 3.45. The monoisotopic (exact) mass is 297 g/mol. The van der Waals surface area contributed by atoms with E-state index < -0.39 is 0 Å². The lowest BCUT2D eigenvalue weighted by molar-refractivity contribution is 0.398. The second-order valence-electron chi connectivity index (χ2n) is 5.83. The Balaban J connectivity index is 1.98. The van der Waals surface area contributed by atoms with Crippen molar-refractivity contribution in [1.29, 1.82) is 0 Å². The maximum atomic E-state index is 3.87. The molecular weight excluding hydrogens is 274 g/mol. The van der Waals surface area contributed by atoms with Crippen molar-refractivity contribution in [2.24, 2.45) is 0 Å². The van der Waals surface area contributed by atoms with Gasteiger partial charge in [-0.15, -0.1) is 0 Å². The molecule has 0 aromatic heterocycles. The van der Waals surface area contributed by atoms with Crippen LogP contribution in [0.25, 0.3) is 0 Å². The Morgan fingerprint density at radius 3 is 2.62 bits per heavy atom. The van der Waals surface area contributed by atoms with Gasteiger partial charge >= 0.3 is 0 Å². The van der Waals surface area contributed by atoms with E-state index in [9.17, 15) is 0 Å². The molecule has 0 saturated carbocycles. The Bertz CT molecular complexity index is 581. The van der Waals surface area contributed by atoms with Crippen molar-refractivity contribution < 1.29 is 0 Å². The second-order valence-corrected chi connectivity index (χ2v) is 6.81. The summed E-state index contributed by atoms with van der Waals surface area (Å²) in [6.07, 6.45) is 7.09. The van der Waals surface area contributed by atoms with Crippen LogP contribution in [0.5, 0.6) is 0 Å². The van der Waals surface area contributed by atoms with Crippen molar-refractivity contribution in [3.8, 4) is 0 Å². The topological polar surface area (TPSA) is 12.0 Å². The first kappa shape index (κ1) is 14.5. The SMILES string of the molecule is CSCCC1(Nc2ccccc2)CCCc2ccccc21. The van der Waals surface area contributed by atoms with Crippen LogP contribution < -0.4 is 5.32 Å². The predicted octanol–water partition coefficient (Wildman–Crippen LogP) is 5.08. The third-order valence-electron chi connectivity index (χ3n) is 4.47. The molecule has 0 fully saturated rings. The van der Waals surface area contributed by atoms with Crippen LogP contribution in [0, 0.1) is 0 Å². The Morgan fingerprint density at radius 2 is 1.81 bits per heavy atom. The molecule has 1 aliphatic carbocycles. The number of rotatable bonds is 5. The summed E-state index contributed by atoms with van der Waals surface area (Å²) in [4.78, 5) is 0. The van der Waals surface area contributed by atoms with E-state index in [1.54, 1.807) is 0 Å². The second kappa shape index (κ2) is 6.57. The molecule has 21 heavy (non-hydrogen) atoms. The van der Waals surface area contributed by atoms with Crippen LogP contribution in [0.4, 0.5) is 5.69 Å². The van der Waals surface area contributed by atoms with E-state index in [0.29, 0.717) is 0 Å². The fraction of sp³-hybridized carbons (Fsp3) is 0.368. The summed E-state index contributed by atoms with van der Waals surface area (Å²) < 4.78 is 0. The van der Waals surface area contributed by atoms with Gasteiger partial charge in [0.2, 0.25) is 0 Å². The molecular formula is C19H23NS. The van der Waals surface area contributed by atoms with E-state index in [1.165, 1.54) is 48.3 Å². The molecule has 2 aromatic rings. The Labute approximate surface area is 132 Å². The number of thioether (sulfide) groups is 1. The molecule has 1 atom stereocenters. The lowest BCUT2D eigenvalue weighted by atomic mass is 9.74. The smallest absolute Gasteiger partial charge is 0.0635 e. The normalized spacial score (nSPS) is 20.8. The van der Waals surface area contributed by atoms with E-state index in [-0.39, 0.29) is 5.54 Å². The summed E-state index contributed by atoms with van der Waals surface area (Å²) in [5.41, 5.74) is 4.36. The predicted molar refractivity (Wildman–Crippen MR) is 94.1 cm³/mol. The molecule has 1 N–H and O–H groups in total.